The molecule has 144 valence electrons. The number of likely N-dealkylation sites (tertiary alicyclic amines) is 1. The number of ether oxygens (including phenoxy) is 3. The summed E-state index contributed by atoms with van der Waals surface area (Å²) < 4.78 is 16.5. The molecule has 27 heavy (non-hydrogen) atoms. The maximum Gasteiger partial charge on any atom is 0.303 e. The van der Waals surface area contributed by atoms with Crippen LogP contribution in [0.15, 0.2) is 35.6 Å². The molecule has 0 aromatic heterocycles. The fraction of sp³-hybridized carbons (Fsp3) is 0.476. The molecular weight excluding hydrogens is 346 g/mol. The summed E-state index contributed by atoms with van der Waals surface area (Å²) in [5.74, 6) is 0.887. The number of carbonyl (C=O) groups excluding carboxylic acids is 1. The topological polar surface area (TPSA) is 68.2 Å². The summed E-state index contributed by atoms with van der Waals surface area (Å²) in [6.45, 7) is 2.29. The van der Waals surface area contributed by atoms with Gasteiger partial charge in [-0.3, -0.25) is 9.69 Å². The maximum absolute atomic E-state index is 11.6. The second-order valence-corrected chi connectivity index (χ2v) is 7.48. The first kappa shape index (κ1) is 17.9. The van der Waals surface area contributed by atoms with Gasteiger partial charge in [-0.05, 0) is 55.8 Å². The zero-order valence-electron chi connectivity index (χ0n) is 16.1. The number of phenolic OH excluding ortho intramolecular Hbond substituents is 1. The van der Waals surface area contributed by atoms with Crippen molar-refractivity contribution in [2.24, 2.45) is 0 Å². The monoisotopic (exact) mass is 371 g/mol. The number of carbonyl (C=O) groups is 1. The van der Waals surface area contributed by atoms with Crippen molar-refractivity contribution in [3.05, 3.63) is 46.7 Å². The first-order valence-electron chi connectivity index (χ1n) is 9.17. The molecule has 0 saturated carbocycles. The number of rotatable bonds is 3. The number of allylic oxidation sites excluding steroid dienone is 1. The van der Waals surface area contributed by atoms with Crippen LogP contribution in [0.3, 0.4) is 0 Å². The number of piperidine rings is 1. The third kappa shape index (κ3) is 2.54. The molecule has 6 nitrogen and oxygen atoms in total. The molecule has 3 unspecified atom stereocenters. The van der Waals surface area contributed by atoms with E-state index in [1.165, 1.54) is 6.92 Å². The molecule has 2 bridgehead atoms. The summed E-state index contributed by atoms with van der Waals surface area (Å²) in [6.07, 6.45) is 5.09. The molecule has 3 aliphatic rings. The maximum atomic E-state index is 11.6. The average Bonchev–Trinajstić information content (AvgIpc) is 2.64. The molecule has 1 fully saturated rings. The van der Waals surface area contributed by atoms with Crippen molar-refractivity contribution < 1.29 is 24.1 Å². The van der Waals surface area contributed by atoms with Crippen molar-refractivity contribution >= 4 is 5.97 Å². The van der Waals surface area contributed by atoms with Crippen LogP contribution in [0.2, 0.25) is 0 Å². The van der Waals surface area contributed by atoms with Crippen LogP contribution in [0.1, 0.15) is 24.5 Å². The third-order valence-corrected chi connectivity index (χ3v) is 6.10. The molecule has 3 atom stereocenters. The molecule has 0 radical (unpaired) electrons. The number of hydrogen-bond acceptors (Lipinski definition) is 6. The standard InChI is InChI=1S/C21H25NO5/c1-12(23)27-17-10-14-15-9-13-5-6-16(25-3)20(24)19(13)21(14,7-8-22(15)2)11-18(17)26-4/h5-6,10-11,15,17,24H,7-9H2,1-4H3. The number of nitrogens with zero attached hydrogens (tertiary/aromatic N) is 1. The van der Waals surface area contributed by atoms with Crippen molar-refractivity contribution in [2.45, 2.75) is 37.3 Å². The van der Waals surface area contributed by atoms with Gasteiger partial charge in [0.05, 0.1) is 14.2 Å². The fourth-order valence-electron chi connectivity index (χ4n) is 4.88. The number of aromatic hydroxyl groups is 1. The Morgan fingerprint density at radius 1 is 1.30 bits per heavy atom. The summed E-state index contributed by atoms with van der Waals surface area (Å²) in [4.78, 5) is 13.9. The van der Waals surface area contributed by atoms with Crippen molar-refractivity contribution in [3.63, 3.8) is 0 Å². The largest absolute Gasteiger partial charge is 0.504 e. The van der Waals surface area contributed by atoms with Gasteiger partial charge in [-0.1, -0.05) is 6.07 Å². The number of methoxy groups -OCH3 is 2. The first-order chi connectivity index (χ1) is 12.9. The van der Waals surface area contributed by atoms with Crippen molar-refractivity contribution in [2.75, 3.05) is 27.8 Å². The number of benzene rings is 1. The van der Waals surface area contributed by atoms with Gasteiger partial charge < -0.3 is 19.3 Å². The van der Waals surface area contributed by atoms with E-state index < -0.39 is 11.5 Å². The molecule has 1 aromatic rings. The molecule has 1 saturated heterocycles. The van der Waals surface area contributed by atoms with Crippen LogP contribution < -0.4 is 4.74 Å². The van der Waals surface area contributed by atoms with Crippen LogP contribution in [0, 0.1) is 0 Å². The van der Waals surface area contributed by atoms with Crippen LogP contribution in [-0.2, 0) is 26.1 Å². The van der Waals surface area contributed by atoms with Crippen LogP contribution >= 0.6 is 0 Å². The lowest BCUT2D eigenvalue weighted by Gasteiger charge is -2.53. The van der Waals surface area contributed by atoms with E-state index in [1.54, 1.807) is 14.2 Å². The molecular formula is C21H25NO5. The van der Waals surface area contributed by atoms with Gasteiger partial charge in [0.25, 0.3) is 0 Å². The van der Waals surface area contributed by atoms with Crippen LogP contribution in [0.4, 0.5) is 0 Å². The van der Waals surface area contributed by atoms with E-state index in [0.717, 1.165) is 36.1 Å². The minimum atomic E-state index is -0.543. The quantitative estimate of drug-likeness (QED) is 0.650. The molecule has 0 spiro atoms. The van der Waals surface area contributed by atoms with E-state index in [4.69, 9.17) is 14.2 Å². The van der Waals surface area contributed by atoms with E-state index in [-0.39, 0.29) is 17.8 Å². The highest BCUT2D eigenvalue weighted by atomic mass is 16.6. The summed E-state index contributed by atoms with van der Waals surface area (Å²) >= 11 is 0. The minimum absolute atomic E-state index is 0.182. The smallest absolute Gasteiger partial charge is 0.303 e. The Kier molecular flexibility index (Phi) is 4.18. The van der Waals surface area contributed by atoms with Gasteiger partial charge in [-0.15, -0.1) is 0 Å². The molecule has 6 heteroatoms. The van der Waals surface area contributed by atoms with Crippen LogP contribution in [0.5, 0.6) is 11.5 Å². The SMILES string of the molecule is COC1=CC23CCN(C)C(Cc4ccc(OC)c(O)c42)C3=CC1OC(C)=O. The van der Waals surface area contributed by atoms with E-state index in [2.05, 4.69) is 11.9 Å². The summed E-state index contributed by atoms with van der Waals surface area (Å²) in [6, 6.07) is 4.05. The average molecular weight is 371 g/mol. The summed E-state index contributed by atoms with van der Waals surface area (Å²) in [5.41, 5.74) is 2.66. The lowest BCUT2D eigenvalue weighted by molar-refractivity contribution is -0.144. The lowest BCUT2D eigenvalue weighted by atomic mass is 9.58. The summed E-state index contributed by atoms with van der Waals surface area (Å²) in [5, 5.41) is 11.0. The normalized spacial score (nSPS) is 29.0. The van der Waals surface area contributed by atoms with Gasteiger partial charge in [0, 0.05) is 23.9 Å². The van der Waals surface area contributed by atoms with Gasteiger partial charge in [-0.25, -0.2) is 0 Å². The Morgan fingerprint density at radius 3 is 2.74 bits per heavy atom. The van der Waals surface area contributed by atoms with E-state index in [1.807, 2.05) is 24.3 Å². The fourth-order valence-corrected chi connectivity index (χ4v) is 4.88. The van der Waals surface area contributed by atoms with Gasteiger partial charge in [0.1, 0.15) is 5.76 Å². The predicted molar refractivity (Wildman–Crippen MR) is 99.8 cm³/mol. The second kappa shape index (κ2) is 6.30. The number of esters is 1. The number of likely N-dealkylation sites (N-methyl/N-ethyl adjacent to an activating group) is 1. The highest BCUT2D eigenvalue weighted by Gasteiger charge is 2.52. The minimum Gasteiger partial charge on any atom is -0.504 e. The Morgan fingerprint density at radius 2 is 2.07 bits per heavy atom. The van der Waals surface area contributed by atoms with Crippen molar-refractivity contribution in [1.29, 1.82) is 0 Å². The second-order valence-electron chi connectivity index (χ2n) is 7.48. The van der Waals surface area contributed by atoms with Crippen LogP contribution in [-0.4, -0.2) is 55.9 Å². The van der Waals surface area contributed by atoms with Gasteiger partial charge in [0.15, 0.2) is 17.6 Å². The molecule has 4 rings (SSSR count). The van der Waals surface area contributed by atoms with Crippen molar-refractivity contribution in [3.8, 4) is 11.5 Å². The summed E-state index contributed by atoms with van der Waals surface area (Å²) in [7, 11) is 5.25. The zero-order valence-corrected chi connectivity index (χ0v) is 16.1. The number of phenols is 1. The third-order valence-electron chi connectivity index (χ3n) is 6.10. The van der Waals surface area contributed by atoms with Crippen LogP contribution in [0.25, 0.3) is 0 Å². The number of hydrogen-bond donors (Lipinski definition) is 1. The zero-order chi connectivity index (χ0) is 19.3. The lowest BCUT2D eigenvalue weighted by Crippen LogP contribution is -2.54. The van der Waals surface area contributed by atoms with E-state index >= 15 is 0 Å². The van der Waals surface area contributed by atoms with Gasteiger partial charge in [0.2, 0.25) is 0 Å². The Bertz CT molecular complexity index is 858. The van der Waals surface area contributed by atoms with E-state index in [0.29, 0.717) is 11.5 Å². The first-order valence-corrected chi connectivity index (χ1v) is 9.17. The van der Waals surface area contributed by atoms with Crippen molar-refractivity contribution in [1.82, 2.24) is 4.90 Å². The predicted octanol–water partition coefficient (Wildman–Crippen LogP) is 2.30. The highest BCUT2D eigenvalue weighted by molar-refractivity contribution is 5.68. The highest BCUT2D eigenvalue weighted by Crippen LogP contribution is 2.56. The Labute approximate surface area is 159 Å². The molecule has 1 aliphatic heterocycles. The van der Waals surface area contributed by atoms with E-state index in [9.17, 15) is 9.90 Å². The molecule has 2 aliphatic carbocycles. The van der Waals surface area contributed by atoms with Gasteiger partial charge >= 0.3 is 5.97 Å². The number of fused-ring (bicyclic) bond motifs is 1. The molecule has 1 heterocycles. The van der Waals surface area contributed by atoms with Gasteiger partial charge in [-0.2, -0.15) is 0 Å². The Hall–Kier alpha value is -2.47. The Balaban J connectivity index is 1.96. The molecule has 1 aromatic carbocycles. The molecule has 1 N–H and O–H groups in total. The molecule has 0 amide bonds.